The lowest BCUT2D eigenvalue weighted by atomic mass is 10.1. The molecular weight excluding hydrogens is 204 g/mol. The number of methoxy groups -OCH3 is 1. The van der Waals surface area contributed by atoms with E-state index in [1.165, 1.54) is 7.11 Å². The van der Waals surface area contributed by atoms with Gasteiger partial charge in [0.05, 0.1) is 7.11 Å². The van der Waals surface area contributed by atoms with Gasteiger partial charge in [-0.05, 0) is 28.9 Å². The van der Waals surface area contributed by atoms with Crippen LogP contribution in [0.2, 0.25) is 0 Å². The van der Waals surface area contributed by atoms with Crippen molar-refractivity contribution in [3.63, 3.8) is 0 Å². The lowest BCUT2D eigenvalue weighted by molar-refractivity contribution is 0.416. The van der Waals surface area contributed by atoms with E-state index >= 15 is 0 Å². The van der Waals surface area contributed by atoms with Gasteiger partial charge in [0.15, 0.2) is 0 Å². The van der Waals surface area contributed by atoms with Gasteiger partial charge in [-0.25, -0.2) is 0 Å². The second-order valence-electron chi connectivity index (χ2n) is 3.22. The SMILES string of the molecule is COc1cc(-c2cccnc2)ccc1N=O. The van der Waals surface area contributed by atoms with Crippen LogP contribution in [-0.2, 0) is 0 Å². The quantitative estimate of drug-likeness (QED) is 0.737. The zero-order chi connectivity index (χ0) is 11.4. The van der Waals surface area contributed by atoms with Gasteiger partial charge in [-0.1, -0.05) is 12.1 Å². The van der Waals surface area contributed by atoms with E-state index in [4.69, 9.17) is 4.74 Å². The van der Waals surface area contributed by atoms with E-state index in [9.17, 15) is 4.91 Å². The van der Waals surface area contributed by atoms with Crippen molar-refractivity contribution in [2.45, 2.75) is 0 Å². The molecule has 0 amide bonds. The number of pyridine rings is 1. The first kappa shape index (κ1) is 10.3. The molecule has 1 heterocycles. The molecule has 0 saturated carbocycles. The molecule has 0 bridgehead atoms. The van der Waals surface area contributed by atoms with Crippen molar-refractivity contribution in [2.24, 2.45) is 5.18 Å². The summed E-state index contributed by atoms with van der Waals surface area (Å²) in [6.07, 6.45) is 3.46. The highest BCUT2D eigenvalue weighted by atomic mass is 16.5. The molecule has 0 N–H and O–H groups in total. The summed E-state index contributed by atoms with van der Waals surface area (Å²) >= 11 is 0. The summed E-state index contributed by atoms with van der Waals surface area (Å²) in [4.78, 5) is 14.5. The van der Waals surface area contributed by atoms with Gasteiger partial charge in [0.2, 0.25) is 0 Å². The van der Waals surface area contributed by atoms with Crippen LogP contribution in [-0.4, -0.2) is 12.1 Å². The second kappa shape index (κ2) is 4.53. The fourth-order valence-electron chi connectivity index (χ4n) is 1.47. The number of aromatic nitrogens is 1. The first-order valence-electron chi connectivity index (χ1n) is 4.77. The van der Waals surface area contributed by atoms with E-state index < -0.39 is 0 Å². The maximum absolute atomic E-state index is 10.5. The lowest BCUT2D eigenvalue weighted by Gasteiger charge is -2.05. The summed E-state index contributed by atoms with van der Waals surface area (Å²) in [7, 11) is 1.51. The third kappa shape index (κ3) is 1.91. The topological polar surface area (TPSA) is 51.6 Å². The number of hydrogen-bond acceptors (Lipinski definition) is 4. The van der Waals surface area contributed by atoms with Crippen molar-refractivity contribution in [1.82, 2.24) is 4.98 Å². The molecule has 4 nitrogen and oxygen atoms in total. The van der Waals surface area contributed by atoms with Crippen LogP contribution in [0.15, 0.2) is 47.9 Å². The standard InChI is InChI=1S/C12H10N2O2/c1-16-12-7-9(4-5-11(12)14-15)10-3-2-6-13-8-10/h2-8H,1H3. The van der Waals surface area contributed by atoms with E-state index in [0.29, 0.717) is 11.4 Å². The molecule has 80 valence electrons. The minimum Gasteiger partial charge on any atom is -0.494 e. The van der Waals surface area contributed by atoms with Crippen molar-refractivity contribution in [1.29, 1.82) is 0 Å². The average Bonchev–Trinajstić information content (AvgIpc) is 2.39. The van der Waals surface area contributed by atoms with E-state index in [0.717, 1.165) is 11.1 Å². The molecule has 0 radical (unpaired) electrons. The molecule has 1 aromatic carbocycles. The van der Waals surface area contributed by atoms with Crippen LogP contribution in [0.3, 0.4) is 0 Å². The zero-order valence-corrected chi connectivity index (χ0v) is 8.75. The summed E-state index contributed by atoms with van der Waals surface area (Å²) in [5.74, 6) is 0.469. The van der Waals surface area contributed by atoms with Crippen LogP contribution in [0.4, 0.5) is 5.69 Å². The predicted octanol–water partition coefficient (Wildman–Crippen LogP) is 3.16. The number of nitroso groups, excluding NO2 is 1. The van der Waals surface area contributed by atoms with Crippen LogP contribution in [0.5, 0.6) is 5.75 Å². The molecule has 0 saturated heterocycles. The molecule has 0 unspecified atom stereocenters. The van der Waals surface area contributed by atoms with Gasteiger partial charge < -0.3 is 4.74 Å². The highest BCUT2D eigenvalue weighted by Gasteiger charge is 2.05. The van der Waals surface area contributed by atoms with Gasteiger partial charge in [0.25, 0.3) is 0 Å². The maximum atomic E-state index is 10.5. The Balaban J connectivity index is 2.48. The number of nitrogens with zero attached hydrogens (tertiary/aromatic N) is 2. The molecule has 0 atom stereocenters. The summed E-state index contributed by atoms with van der Waals surface area (Å²) in [5.41, 5.74) is 2.21. The summed E-state index contributed by atoms with van der Waals surface area (Å²) < 4.78 is 5.08. The lowest BCUT2D eigenvalue weighted by Crippen LogP contribution is -1.85. The third-order valence-corrected chi connectivity index (χ3v) is 2.27. The molecule has 2 aromatic rings. The molecule has 1 aromatic heterocycles. The van der Waals surface area contributed by atoms with Crippen molar-refractivity contribution >= 4 is 5.69 Å². The highest BCUT2D eigenvalue weighted by Crippen LogP contribution is 2.31. The van der Waals surface area contributed by atoms with Gasteiger partial charge in [0, 0.05) is 18.0 Å². The Kier molecular flexibility index (Phi) is 2.91. The third-order valence-electron chi connectivity index (χ3n) is 2.27. The summed E-state index contributed by atoms with van der Waals surface area (Å²) in [5, 5.41) is 2.89. The molecule has 0 aliphatic rings. The van der Waals surface area contributed by atoms with E-state index in [-0.39, 0.29) is 0 Å². The molecule has 4 heteroatoms. The van der Waals surface area contributed by atoms with Gasteiger partial charge in [-0.15, -0.1) is 4.91 Å². The fourth-order valence-corrected chi connectivity index (χ4v) is 1.47. The molecule has 0 spiro atoms. The Morgan fingerprint density at radius 3 is 2.75 bits per heavy atom. The van der Waals surface area contributed by atoms with E-state index in [2.05, 4.69) is 10.2 Å². The normalized spacial score (nSPS) is 9.81. The Bertz CT molecular complexity index is 498. The van der Waals surface area contributed by atoms with Crippen molar-refractivity contribution in [3.05, 3.63) is 47.6 Å². The number of hydrogen-bond donors (Lipinski definition) is 0. The molecule has 16 heavy (non-hydrogen) atoms. The van der Waals surface area contributed by atoms with Gasteiger partial charge in [-0.2, -0.15) is 0 Å². The number of benzene rings is 1. The molecule has 0 aliphatic heterocycles. The molecule has 0 fully saturated rings. The van der Waals surface area contributed by atoms with Crippen LogP contribution < -0.4 is 4.74 Å². The second-order valence-corrected chi connectivity index (χ2v) is 3.22. The minimum absolute atomic E-state index is 0.301. The van der Waals surface area contributed by atoms with Crippen LogP contribution in [0.25, 0.3) is 11.1 Å². The van der Waals surface area contributed by atoms with Crippen LogP contribution >= 0.6 is 0 Å². The Hall–Kier alpha value is -2.23. The van der Waals surface area contributed by atoms with Gasteiger partial charge in [-0.3, -0.25) is 4.98 Å². The monoisotopic (exact) mass is 214 g/mol. The smallest absolute Gasteiger partial charge is 0.149 e. The Morgan fingerprint density at radius 2 is 2.12 bits per heavy atom. The van der Waals surface area contributed by atoms with Crippen molar-refractivity contribution in [2.75, 3.05) is 7.11 Å². The number of ether oxygens (including phenoxy) is 1. The van der Waals surface area contributed by atoms with Crippen molar-refractivity contribution in [3.8, 4) is 16.9 Å². The minimum atomic E-state index is 0.301. The zero-order valence-electron chi connectivity index (χ0n) is 8.75. The summed E-state index contributed by atoms with van der Waals surface area (Å²) in [6.45, 7) is 0. The Labute approximate surface area is 92.9 Å². The average molecular weight is 214 g/mol. The number of rotatable bonds is 3. The maximum Gasteiger partial charge on any atom is 0.149 e. The molecule has 2 rings (SSSR count). The van der Waals surface area contributed by atoms with Crippen LogP contribution in [0, 0.1) is 4.91 Å². The predicted molar refractivity (Wildman–Crippen MR) is 61.7 cm³/mol. The highest BCUT2D eigenvalue weighted by molar-refractivity contribution is 5.68. The van der Waals surface area contributed by atoms with E-state index in [1.807, 2.05) is 18.2 Å². The first-order valence-corrected chi connectivity index (χ1v) is 4.77. The molecule has 0 aliphatic carbocycles. The van der Waals surface area contributed by atoms with E-state index in [1.54, 1.807) is 24.5 Å². The van der Waals surface area contributed by atoms with Crippen molar-refractivity contribution < 1.29 is 4.74 Å². The van der Waals surface area contributed by atoms with Gasteiger partial charge in [0.1, 0.15) is 11.4 Å². The molecular formula is C12H10N2O2. The van der Waals surface area contributed by atoms with Crippen LogP contribution in [0.1, 0.15) is 0 Å². The first-order chi connectivity index (χ1) is 7.85. The summed E-state index contributed by atoms with van der Waals surface area (Å²) in [6, 6.07) is 9.02. The fraction of sp³-hybridized carbons (Fsp3) is 0.0833. The largest absolute Gasteiger partial charge is 0.494 e. The van der Waals surface area contributed by atoms with Gasteiger partial charge >= 0.3 is 0 Å². The Morgan fingerprint density at radius 1 is 1.25 bits per heavy atom.